The van der Waals surface area contributed by atoms with Crippen LogP contribution in [-0.4, -0.2) is 28.3 Å². The zero-order valence-corrected chi connectivity index (χ0v) is 14.0. The monoisotopic (exact) mass is 374 g/mol. The summed E-state index contributed by atoms with van der Waals surface area (Å²) in [4.78, 5) is 11.9. The van der Waals surface area contributed by atoms with E-state index in [4.69, 9.17) is 0 Å². The predicted molar refractivity (Wildman–Crippen MR) is 88.7 cm³/mol. The Hall–Kier alpha value is -2.06. The smallest absolute Gasteiger partial charge is 0.351 e. The van der Waals surface area contributed by atoms with Gasteiger partial charge in [-0.3, -0.25) is 4.79 Å². The van der Waals surface area contributed by atoms with E-state index in [1.807, 2.05) is 0 Å². The van der Waals surface area contributed by atoms with Crippen LogP contribution in [0, 0.1) is 0 Å². The van der Waals surface area contributed by atoms with Gasteiger partial charge in [-0.25, -0.2) is 4.68 Å². The molecular weight excluding hydrogens is 357 g/mol. The third-order valence-corrected chi connectivity index (χ3v) is 3.92. The minimum atomic E-state index is -4.45. The van der Waals surface area contributed by atoms with Gasteiger partial charge in [0.15, 0.2) is 5.69 Å². The van der Waals surface area contributed by atoms with Crippen LogP contribution in [0.2, 0.25) is 0 Å². The molecule has 2 N–H and O–H groups in total. The van der Waals surface area contributed by atoms with Gasteiger partial charge in [-0.05, 0) is 43.1 Å². The molecule has 1 aliphatic rings. The van der Waals surface area contributed by atoms with Gasteiger partial charge in [-0.2, -0.15) is 18.3 Å². The lowest BCUT2D eigenvalue weighted by Gasteiger charge is -2.11. The SMILES string of the molecule is Cl.O=C(NCc1ccc(-n2ccc(C(F)(F)F)n2)cc1)C1CCCN1. The van der Waals surface area contributed by atoms with Gasteiger partial charge in [0.2, 0.25) is 5.91 Å². The number of hydrogen-bond donors (Lipinski definition) is 2. The van der Waals surface area contributed by atoms with Crippen molar-refractivity contribution < 1.29 is 18.0 Å². The summed E-state index contributed by atoms with van der Waals surface area (Å²) in [5.74, 6) is -0.0292. The Morgan fingerprint density at radius 1 is 1.28 bits per heavy atom. The van der Waals surface area contributed by atoms with Crippen molar-refractivity contribution in [3.8, 4) is 5.69 Å². The second-order valence-corrected chi connectivity index (χ2v) is 5.68. The first-order chi connectivity index (χ1) is 11.4. The molecule has 1 aliphatic heterocycles. The van der Waals surface area contributed by atoms with Gasteiger partial charge in [0.25, 0.3) is 0 Å². The fraction of sp³-hybridized carbons (Fsp3) is 0.375. The van der Waals surface area contributed by atoms with E-state index in [-0.39, 0.29) is 24.4 Å². The molecule has 1 aromatic heterocycles. The maximum atomic E-state index is 12.6. The second kappa shape index (κ2) is 7.88. The summed E-state index contributed by atoms with van der Waals surface area (Å²) in [6.07, 6.45) is -1.35. The van der Waals surface area contributed by atoms with Crippen molar-refractivity contribution in [2.45, 2.75) is 31.6 Å². The molecule has 1 unspecified atom stereocenters. The van der Waals surface area contributed by atoms with E-state index in [0.717, 1.165) is 31.0 Å². The highest BCUT2D eigenvalue weighted by Crippen LogP contribution is 2.27. The summed E-state index contributed by atoms with van der Waals surface area (Å²) < 4.78 is 38.9. The molecule has 1 atom stereocenters. The van der Waals surface area contributed by atoms with Crippen LogP contribution < -0.4 is 10.6 Å². The molecule has 0 radical (unpaired) electrons. The number of rotatable bonds is 4. The molecule has 136 valence electrons. The third-order valence-electron chi connectivity index (χ3n) is 3.92. The molecule has 0 bridgehead atoms. The van der Waals surface area contributed by atoms with E-state index in [1.165, 1.54) is 10.9 Å². The minimum Gasteiger partial charge on any atom is -0.351 e. The molecule has 1 fully saturated rings. The Balaban J connectivity index is 0.00000225. The Bertz CT molecular complexity index is 709. The van der Waals surface area contributed by atoms with E-state index in [9.17, 15) is 18.0 Å². The molecule has 25 heavy (non-hydrogen) atoms. The van der Waals surface area contributed by atoms with Gasteiger partial charge in [0, 0.05) is 12.7 Å². The minimum absolute atomic E-state index is 0. The molecule has 1 aromatic carbocycles. The quantitative estimate of drug-likeness (QED) is 0.865. The Labute approximate surface area is 149 Å². The number of halogens is 4. The van der Waals surface area contributed by atoms with Crippen molar-refractivity contribution in [3.63, 3.8) is 0 Å². The highest BCUT2D eigenvalue weighted by molar-refractivity contribution is 5.85. The van der Waals surface area contributed by atoms with Gasteiger partial charge in [-0.15, -0.1) is 12.4 Å². The van der Waals surface area contributed by atoms with E-state index in [2.05, 4.69) is 15.7 Å². The average molecular weight is 375 g/mol. The second-order valence-electron chi connectivity index (χ2n) is 5.68. The van der Waals surface area contributed by atoms with E-state index in [1.54, 1.807) is 24.3 Å². The number of amides is 1. The highest BCUT2D eigenvalue weighted by Gasteiger charge is 2.33. The van der Waals surface area contributed by atoms with E-state index in [0.29, 0.717) is 12.2 Å². The number of benzene rings is 1. The van der Waals surface area contributed by atoms with Gasteiger partial charge in [0.05, 0.1) is 11.7 Å². The average Bonchev–Trinajstić information content (AvgIpc) is 3.23. The normalized spacial score (nSPS) is 17.2. The molecule has 1 saturated heterocycles. The summed E-state index contributed by atoms with van der Waals surface area (Å²) >= 11 is 0. The first kappa shape index (κ1) is 19.3. The molecule has 0 saturated carbocycles. The van der Waals surface area contributed by atoms with Crippen LogP contribution in [0.4, 0.5) is 13.2 Å². The van der Waals surface area contributed by atoms with Crippen LogP contribution in [0.3, 0.4) is 0 Å². The first-order valence-electron chi connectivity index (χ1n) is 7.67. The molecule has 0 spiro atoms. The molecule has 5 nitrogen and oxygen atoms in total. The molecule has 3 rings (SSSR count). The number of aromatic nitrogens is 2. The lowest BCUT2D eigenvalue weighted by molar-refractivity contribution is -0.141. The summed E-state index contributed by atoms with van der Waals surface area (Å²) in [7, 11) is 0. The van der Waals surface area contributed by atoms with Crippen molar-refractivity contribution in [2.75, 3.05) is 6.54 Å². The van der Waals surface area contributed by atoms with Gasteiger partial charge in [-0.1, -0.05) is 12.1 Å². The Morgan fingerprint density at radius 2 is 2.00 bits per heavy atom. The molecule has 1 amide bonds. The van der Waals surface area contributed by atoms with Crippen LogP contribution in [0.15, 0.2) is 36.5 Å². The standard InChI is InChI=1S/C16H17F3N4O.ClH/c17-16(18,19)14-7-9-23(22-14)12-5-3-11(4-6-12)10-21-15(24)13-2-1-8-20-13;/h3-7,9,13,20H,1-2,8,10H2,(H,21,24);1H. The lowest BCUT2D eigenvalue weighted by Crippen LogP contribution is -2.39. The summed E-state index contributed by atoms with van der Waals surface area (Å²) in [5.41, 5.74) is 0.467. The van der Waals surface area contributed by atoms with Crippen LogP contribution in [-0.2, 0) is 17.5 Å². The maximum Gasteiger partial charge on any atom is 0.435 e. The van der Waals surface area contributed by atoms with Gasteiger partial charge in [0.1, 0.15) is 0 Å². The van der Waals surface area contributed by atoms with Crippen molar-refractivity contribution >= 4 is 18.3 Å². The fourth-order valence-electron chi connectivity index (χ4n) is 2.61. The number of carbonyl (C=O) groups is 1. The van der Waals surface area contributed by atoms with E-state index >= 15 is 0 Å². The van der Waals surface area contributed by atoms with Crippen molar-refractivity contribution in [3.05, 3.63) is 47.8 Å². The molecule has 2 aromatic rings. The van der Waals surface area contributed by atoms with Crippen molar-refractivity contribution in [2.24, 2.45) is 0 Å². The summed E-state index contributed by atoms with van der Waals surface area (Å²) in [6, 6.07) is 7.65. The predicted octanol–water partition coefficient (Wildman–Crippen LogP) is 2.68. The summed E-state index contributed by atoms with van der Waals surface area (Å²) in [5, 5.41) is 9.50. The Morgan fingerprint density at radius 3 is 2.56 bits per heavy atom. The highest BCUT2D eigenvalue weighted by atomic mass is 35.5. The van der Waals surface area contributed by atoms with Crippen molar-refractivity contribution in [1.82, 2.24) is 20.4 Å². The van der Waals surface area contributed by atoms with Crippen LogP contribution in [0.5, 0.6) is 0 Å². The van der Waals surface area contributed by atoms with Gasteiger partial charge >= 0.3 is 6.18 Å². The third kappa shape index (κ3) is 4.73. The van der Waals surface area contributed by atoms with Crippen LogP contribution in [0.25, 0.3) is 5.69 Å². The number of hydrogen-bond acceptors (Lipinski definition) is 3. The zero-order valence-electron chi connectivity index (χ0n) is 13.2. The lowest BCUT2D eigenvalue weighted by atomic mass is 10.2. The zero-order chi connectivity index (χ0) is 17.2. The number of carbonyl (C=O) groups excluding carboxylic acids is 1. The molecule has 9 heteroatoms. The van der Waals surface area contributed by atoms with E-state index < -0.39 is 11.9 Å². The van der Waals surface area contributed by atoms with Gasteiger partial charge < -0.3 is 10.6 Å². The number of nitrogens with zero attached hydrogens (tertiary/aromatic N) is 2. The number of alkyl halides is 3. The van der Waals surface area contributed by atoms with Crippen molar-refractivity contribution in [1.29, 1.82) is 0 Å². The molecule has 0 aliphatic carbocycles. The summed E-state index contributed by atoms with van der Waals surface area (Å²) in [6.45, 7) is 1.24. The molecular formula is C16H18ClF3N4O. The topological polar surface area (TPSA) is 59.0 Å². The fourth-order valence-corrected chi connectivity index (χ4v) is 2.61. The number of nitrogens with one attached hydrogen (secondary N) is 2. The maximum absolute atomic E-state index is 12.6. The van der Waals surface area contributed by atoms with Crippen LogP contribution in [0.1, 0.15) is 24.1 Å². The largest absolute Gasteiger partial charge is 0.435 e. The first-order valence-corrected chi connectivity index (χ1v) is 7.67. The molecule has 2 heterocycles. The Kier molecular flexibility index (Phi) is 6.07. The van der Waals surface area contributed by atoms with Crippen LogP contribution >= 0.6 is 12.4 Å².